The van der Waals surface area contributed by atoms with Gasteiger partial charge in [0.2, 0.25) is 0 Å². The summed E-state index contributed by atoms with van der Waals surface area (Å²) >= 11 is 0. The van der Waals surface area contributed by atoms with Gasteiger partial charge < -0.3 is 10.6 Å². The first-order valence-electron chi connectivity index (χ1n) is 7.07. The molecule has 100 valence electrons. The molecule has 2 N–H and O–H groups in total. The van der Waals surface area contributed by atoms with Gasteiger partial charge in [-0.25, -0.2) is 0 Å². The second kappa shape index (κ2) is 5.31. The fourth-order valence-corrected chi connectivity index (χ4v) is 3.21. The molecule has 1 aromatic carbocycles. The van der Waals surface area contributed by atoms with Gasteiger partial charge in [-0.15, -0.1) is 0 Å². The van der Waals surface area contributed by atoms with E-state index in [-0.39, 0.29) is 5.54 Å². The fraction of sp³-hybridized carbons (Fsp3) is 0.625. The van der Waals surface area contributed by atoms with Gasteiger partial charge in [0.05, 0.1) is 0 Å². The van der Waals surface area contributed by atoms with E-state index in [1.54, 1.807) is 0 Å². The van der Waals surface area contributed by atoms with Gasteiger partial charge in [0, 0.05) is 24.8 Å². The zero-order valence-corrected chi connectivity index (χ0v) is 12.0. The predicted octanol–water partition coefficient (Wildman–Crippen LogP) is 3.40. The standard InChI is InChI=1S/C16H26N2/c1-13-7-8-15(14(2)11-13)18(3)12-16(17)9-5-4-6-10-16/h7-8,11H,4-6,9-10,12,17H2,1-3H3. The van der Waals surface area contributed by atoms with Crippen molar-refractivity contribution in [3.05, 3.63) is 29.3 Å². The summed E-state index contributed by atoms with van der Waals surface area (Å²) in [5.74, 6) is 0. The molecule has 2 heteroatoms. The highest BCUT2D eigenvalue weighted by Crippen LogP contribution is 2.29. The van der Waals surface area contributed by atoms with Crippen LogP contribution in [-0.2, 0) is 0 Å². The van der Waals surface area contributed by atoms with E-state index in [0.29, 0.717) is 0 Å². The van der Waals surface area contributed by atoms with Crippen molar-refractivity contribution in [3.63, 3.8) is 0 Å². The normalized spacial score (nSPS) is 18.7. The molecule has 0 aliphatic heterocycles. The summed E-state index contributed by atoms with van der Waals surface area (Å²) in [7, 11) is 2.17. The van der Waals surface area contributed by atoms with E-state index in [1.807, 2.05) is 0 Å². The number of benzene rings is 1. The third-order valence-corrected chi connectivity index (χ3v) is 4.16. The monoisotopic (exact) mass is 246 g/mol. The maximum Gasteiger partial charge on any atom is 0.0394 e. The molecule has 0 spiro atoms. The van der Waals surface area contributed by atoms with Gasteiger partial charge in [-0.1, -0.05) is 37.0 Å². The minimum Gasteiger partial charge on any atom is -0.373 e. The highest BCUT2D eigenvalue weighted by Gasteiger charge is 2.29. The Kier molecular flexibility index (Phi) is 3.96. The highest BCUT2D eigenvalue weighted by atomic mass is 15.1. The van der Waals surface area contributed by atoms with Crippen molar-refractivity contribution in [2.45, 2.75) is 51.5 Å². The molecule has 0 aromatic heterocycles. The lowest BCUT2D eigenvalue weighted by molar-refractivity contribution is 0.301. The maximum atomic E-state index is 6.54. The quantitative estimate of drug-likeness (QED) is 0.885. The largest absolute Gasteiger partial charge is 0.373 e. The van der Waals surface area contributed by atoms with Crippen LogP contribution in [0.5, 0.6) is 0 Å². The predicted molar refractivity (Wildman–Crippen MR) is 79.2 cm³/mol. The van der Waals surface area contributed by atoms with Gasteiger partial charge in [0.25, 0.3) is 0 Å². The van der Waals surface area contributed by atoms with Crippen LogP contribution in [-0.4, -0.2) is 19.1 Å². The highest BCUT2D eigenvalue weighted by molar-refractivity contribution is 5.54. The topological polar surface area (TPSA) is 29.3 Å². The zero-order valence-electron chi connectivity index (χ0n) is 12.0. The Morgan fingerprint density at radius 3 is 2.44 bits per heavy atom. The van der Waals surface area contributed by atoms with Crippen LogP contribution in [0.15, 0.2) is 18.2 Å². The summed E-state index contributed by atoms with van der Waals surface area (Å²) in [6.45, 7) is 5.29. The average molecular weight is 246 g/mol. The lowest BCUT2D eigenvalue weighted by atomic mass is 9.82. The van der Waals surface area contributed by atoms with Crippen molar-refractivity contribution in [1.29, 1.82) is 0 Å². The first-order valence-corrected chi connectivity index (χ1v) is 7.07. The van der Waals surface area contributed by atoms with Gasteiger partial charge in [-0.05, 0) is 38.3 Å². The van der Waals surface area contributed by atoms with E-state index in [4.69, 9.17) is 5.73 Å². The van der Waals surface area contributed by atoms with Crippen LogP contribution in [0.3, 0.4) is 0 Å². The van der Waals surface area contributed by atoms with Crippen LogP contribution in [0.25, 0.3) is 0 Å². The SMILES string of the molecule is Cc1ccc(N(C)CC2(N)CCCCC2)c(C)c1. The van der Waals surface area contributed by atoms with Gasteiger partial charge in [0.1, 0.15) is 0 Å². The molecule has 0 unspecified atom stereocenters. The third-order valence-electron chi connectivity index (χ3n) is 4.16. The van der Waals surface area contributed by atoms with Crippen molar-refractivity contribution < 1.29 is 0 Å². The molecule has 2 nitrogen and oxygen atoms in total. The number of anilines is 1. The van der Waals surface area contributed by atoms with E-state index >= 15 is 0 Å². The molecule has 18 heavy (non-hydrogen) atoms. The second-order valence-corrected chi connectivity index (χ2v) is 6.07. The Hall–Kier alpha value is -1.02. The number of hydrogen-bond acceptors (Lipinski definition) is 2. The fourth-order valence-electron chi connectivity index (χ4n) is 3.21. The van der Waals surface area contributed by atoms with Gasteiger partial charge in [-0.3, -0.25) is 0 Å². The summed E-state index contributed by atoms with van der Waals surface area (Å²) in [6.07, 6.45) is 6.27. The molecular weight excluding hydrogens is 220 g/mol. The van der Waals surface area contributed by atoms with Crippen LogP contribution in [0.1, 0.15) is 43.2 Å². The van der Waals surface area contributed by atoms with Crippen LogP contribution in [0.2, 0.25) is 0 Å². The van der Waals surface area contributed by atoms with E-state index in [9.17, 15) is 0 Å². The Balaban J connectivity index is 2.08. The average Bonchev–Trinajstić information content (AvgIpc) is 2.28. The van der Waals surface area contributed by atoms with Crippen LogP contribution >= 0.6 is 0 Å². The Morgan fingerprint density at radius 2 is 1.83 bits per heavy atom. The summed E-state index contributed by atoms with van der Waals surface area (Å²) < 4.78 is 0. The molecule has 1 saturated carbocycles. The molecule has 1 aromatic rings. The first kappa shape index (κ1) is 13.4. The summed E-state index contributed by atoms with van der Waals surface area (Å²) in [4.78, 5) is 2.33. The Labute approximate surface area is 111 Å². The number of nitrogens with zero attached hydrogens (tertiary/aromatic N) is 1. The van der Waals surface area contributed by atoms with Gasteiger partial charge in [-0.2, -0.15) is 0 Å². The molecule has 0 amide bonds. The molecule has 1 fully saturated rings. The Morgan fingerprint density at radius 1 is 1.17 bits per heavy atom. The molecule has 0 bridgehead atoms. The number of rotatable bonds is 3. The molecule has 2 rings (SSSR count). The van der Waals surface area contributed by atoms with Crippen LogP contribution in [0.4, 0.5) is 5.69 Å². The van der Waals surface area contributed by atoms with E-state index in [1.165, 1.54) is 48.9 Å². The van der Waals surface area contributed by atoms with Crippen LogP contribution in [0, 0.1) is 13.8 Å². The first-order chi connectivity index (χ1) is 8.50. The molecule has 0 saturated heterocycles. The summed E-state index contributed by atoms with van der Waals surface area (Å²) in [5.41, 5.74) is 10.5. The number of nitrogens with two attached hydrogens (primary N) is 1. The lowest BCUT2D eigenvalue weighted by Gasteiger charge is -2.38. The molecule has 1 aliphatic carbocycles. The van der Waals surface area contributed by atoms with E-state index in [2.05, 4.69) is 44.0 Å². The summed E-state index contributed by atoms with van der Waals surface area (Å²) in [6, 6.07) is 6.65. The van der Waals surface area contributed by atoms with Crippen molar-refractivity contribution in [3.8, 4) is 0 Å². The van der Waals surface area contributed by atoms with Gasteiger partial charge >= 0.3 is 0 Å². The molecule has 1 aliphatic rings. The van der Waals surface area contributed by atoms with Gasteiger partial charge in [0.15, 0.2) is 0 Å². The van der Waals surface area contributed by atoms with Crippen molar-refractivity contribution in [2.75, 3.05) is 18.5 Å². The minimum absolute atomic E-state index is 0.0182. The van der Waals surface area contributed by atoms with Crippen molar-refractivity contribution >= 4 is 5.69 Å². The Bertz CT molecular complexity index is 406. The lowest BCUT2D eigenvalue weighted by Crippen LogP contribution is -2.50. The number of likely N-dealkylation sites (N-methyl/N-ethyl adjacent to an activating group) is 1. The third kappa shape index (κ3) is 3.05. The van der Waals surface area contributed by atoms with Crippen molar-refractivity contribution in [2.24, 2.45) is 5.73 Å². The minimum atomic E-state index is 0.0182. The molecule has 0 atom stereocenters. The molecule has 0 radical (unpaired) electrons. The number of hydrogen-bond donors (Lipinski definition) is 1. The molecule has 0 heterocycles. The zero-order chi connectivity index (χ0) is 13.2. The summed E-state index contributed by atoms with van der Waals surface area (Å²) in [5, 5.41) is 0. The number of aryl methyl sites for hydroxylation is 2. The van der Waals surface area contributed by atoms with E-state index < -0.39 is 0 Å². The van der Waals surface area contributed by atoms with Crippen molar-refractivity contribution in [1.82, 2.24) is 0 Å². The van der Waals surface area contributed by atoms with E-state index in [0.717, 1.165) is 6.54 Å². The maximum absolute atomic E-state index is 6.54. The molecular formula is C16H26N2. The smallest absolute Gasteiger partial charge is 0.0394 e. The second-order valence-electron chi connectivity index (χ2n) is 6.07. The van der Waals surface area contributed by atoms with Crippen LogP contribution < -0.4 is 10.6 Å².